The molecule has 0 aromatic carbocycles. The molecule has 1 aliphatic rings. The van der Waals surface area contributed by atoms with Gasteiger partial charge in [-0.3, -0.25) is 4.68 Å². The zero-order chi connectivity index (χ0) is 13.9. The van der Waals surface area contributed by atoms with Crippen LogP contribution in [-0.2, 0) is 21.3 Å². The lowest BCUT2D eigenvalue weighted by Crippen LogP contribution is -2.26. The second-order valence-corrected chi connectivity index (χ2v) is 6.39. The summed E-state index contributed by atoms with van der Waals surface area (Å²) < 4.78 is 33.5. The predicted molar refractivity (Wildman–Crippen MR) is 71.0 cm³/mol. The number of ether oxygens (including phenoxy) is 1. The van der Waals surface area contributed by atoms with Crippen molar-refractivity contribution in [2.75, 3.05) is 25.5 Å². The van der Waals surface area contributed by atoms with Crippen molar-refractivity contribution >= 4 is 15.8 Å². The van der Waals surface area contributed by atoms with Gasteiger partial charge in [0.15, 0.2) is 5.82 Å². The number of aromatic nitrogens is 2. The summed E-state index contributed by atoms with van der Waals surface area (Å²) >= 11 is 0. The molecule has 7 nitrogen and oxygen atoms in total. The van der Waals surface area contributed by atoms with Crippen molar-refractivity contribution in [3.8, 4) is 0 Å². The summed E-state index contributed by atoms with van der Waals surface area (Å²) in [4.78, 5) is 0.0528. The number of sulfonamides is 1. The van der Waals surface area contributed by atoms with E-state index in [1.54, 1.807) is 0 Å². The summed E-state index contributed by atoms with van der Waals surface area (Å²) in [6.07, 6.45) is 3.23. The Morgan fingerprint density at radius 3 is 3.00 bits per heavy atom. The Kier molecular flexibility index (Phi) is 4.43. The van der Waals surface area contributed by atoms with Crippen LogP contribution in [0.25, 0.3) is 0 Å². The largest absolute Gasteiger partial charge is 0.381 e. The van der Waals surface area contributed by atoms with Crippen LogP contribution < -0.4 is 10.5 Å². The fourth-order valence-electron chi connectivity index (χ4n) is 2.07. The summed E-state index contributed by atoms with van der Waals surface area (Å²) in [5.41, 5.74) is 5.63. The van der Waals surface area contributed by atoms with E-state index in [4.69, 9.17) is 10.5 Å². The molecule has 8 heteroatoms. The molecule has 0 bridgehead atoms. The minimum Gasteiger partial charge on any atom is -0.381 e. The van der Waals surface area contributed by atoms with Gasteiger partial charge in [-0.1, -0.05) is 0 Å². The number of nitrogen functional groups attached to an aromatic ring is 1. The maximum Gasteiger partial charge on any atom is 0.245 e. The molecule has 1 atom stereocenters. The van der Waals surface area contributed by atoms with Crippen molar-refractivity contribution in [1.82, 2.24) is 14.5 Å². The number of nitrogens with two attached hydrogens (primary N) is 1. The third-order valence-electron chi connectivity index (χ3n) is 3.24. The molecule has 0 spiro atoms. The quantitative estimate of drug-likeness (QED) is 0.778. The van der Waals surface area contributed by atoms with Crippen molar-refractivity contribution in [3.05, 3.63) is 6.20 Å². The number of anilines is 1. The molecule has 1 saturated heterocycles. The number of hydrogen-bond donors (Lipinski definition) is 2. The van der Waals surface area contributed by atoms with Crippen LogP contribution in [0.4, 0.5) is 5.82 Å². The fraction of sp³-hybridized carbons (Fsp3) is 0.727. The van der Waals surface area contributed by atoms with Crippen LogP contribution in [0.5, 0.6) is 0 Å². The molecule has 0 saturated carbocycles. The summed E-state index contributed by atoms with van der Waals surface area (Å²) in [6.45, 7) is 4.34. The average molecular weight is 288 g/mol. The van der Waals surface area contributed by atoms with E-state index in [-0.39, 0.29) is 10.7 Å². The SMILES string of the molecule is CCn1cc(S(=O)(=O)NCCC2CCOC2)c(N)n1. The molecule has 2 rings (SSSR count). The molecule has 0 aliphatic carbocycles. The van der Waals surface area contributed by atoms with Crippen LogP contribution in [-0.4, -0.2) is 38.0 Å². The van der Waals surface area contributed by atoms with Crippen molar-refractivity contribution in [2.45, 2.75) is 31.2 Å². The molecule has 0 radical (unpaired) electrons. The van der Waals surface area contributed by atoms with Crippen LogP contribution in [0.3, 0.4) is 0 Å². The molecule has 1 fully saturated rings. The monoisotopic (exact) mass is 288 g/mol. The summed E-state index contributed by atoms with van der Waals surface area (Å²) in [7, 11) is -3.57. The first-order valence-electron chi connectivity index (χ1n) is 6.43. The molecule has 1 aromatic rings. The van der Waals surface area contributed by atoms with Crippen molar-refractivity contribution in [2.24, 2.45) is 5.92 Å². The third kappa shape index (κ3) is 3.46. The summed E-state index contributed by atoms with van der Waals surface area (Å²) in [6, 6.07) is 0. The van der Waals surface area contributed by atoms with E-state index in [1.165, 1.54) is 10.9 Å². The number of aryl methyl sites for hydroxylation is 1. The molecule has 2 heterocycles. The maximum absolute atomic E-state index is 12.1. The van der Waals surface area contributed by atoms with E-state index >= 15 is 0 Å². The summed E-state index contributed by atoms with van der Waals surface area (Å²) in [5, 5.41) is 3.94. The number of rotatable bonds is 6. The molecule has 1 aliphatic heterocycles. The predicted octanol–water partition coefficient (Wildman–Crippen LogP) is 0.190. The van der Waals surface area contributed by atoms with Gasteiger partial charge in [-0.15, -0.1) is 0 Å². The zero-order valence-electron chi connectivity index (χ0n) is 11.0. The van der Waals surface area contributed by atoms with Gasteiger partial charge in [0.1, 0.15) is 4.90 Å². The first-order valence-corrected chi connectivity index (χ1v) is 7.91. The Bertz CT molecular complexity index is 520. The number of hydrogen-bond acceptors (Lipinski definition) is 5. The number of nitrogens with zero attached hydrogens (tertiary/aromatic N) is 2. The van der Waals surface area contributed by atoms with Gasteiger partial charge in [0.05, 0.1) is 0 Å². The lowest BCUT2D eigenvalue weighted by atomic mass is 10.1. The second-order valence-electron chi connectivity index (χ2n) is 4.65. The van der Waals surface area contributed by atoms with E-state index in [0.29, 0.717) is 19.0 Å². The van der Waals surface area contributed by atoms with Crippen LogP contribution in [0.1, 0.15) is 19.8 Å². The van der Waals surface area contributed by atoms with Crippen LogP contribution in [0, 0.1) is 5.92 Å². The number of nitrogens with one attached hydrogen (secondary N) is 1. The maximum atomic E-state index is 12.1. The summed E-state index contributed by atoms with van der Waals surface area (Å²) in [5.74, 6) is 0.483. The van der Waals surface area contributed by atoms with E-state index in [2.05, 4.69) is 9.82 Å². The molecular weight excluding hydrogens is 268 g/mol. The molecule has 0 amide bonds. The topological polar surface area (TPSA) is 99.2 Å². The molecule has 19 heavy (non-hydrogen) atoms. The highest BCUT2D eigenvalue weighted by Gasteiger charge is 2.22. The first-order chi connectivity index (χ1) is 9.03. The molecule has 1 unspecified atom stereocenters. The normalized spacial score (nSPS) is 19.9. The van der Waals surface area contributed by atoms with E-state index in [0.717, 1.165) is 26.1 Å². The Morgan fingerprint density at radius 1 is 1.63 bits per heavy atom. The third-order valence-corrected chi connectivity index (χ3v) is 4.71. The molecule has 3 N–H and O–H groups in total. The van der Waals surface area contributed by atoms with Crippen LogP contribution >= 0.6 is 0 Å². The fourth-order valence-corrected chi connectivity index (χ4v) is 3.19. The molecular formula is C11H20N4O3S. The van der Waals surface area contributed by atoms with Gasteiger partial charge in [0.2, 0.25) is 10.0 Å². The van der Waals surface area contributed by atoms with Crippen LogP contribution in [0.15, 0.2) is 11.1 Å². The Hall–Kier alpha value is -1.12. The lowest BCUT2D eigenvalue weighted by Gasteiger charge is -2.08. The Morgan fingerprint density at radius 2 is 2.42 bits per heavy atom. The van der Waals surface area contributed by atoms with Gasteiger partial charge in [-0.2, -0.15) is 5.10 Å². The second kappa shape index (κ2) is 5.89. The lowest BCUT2D eigenvalue weighted by molar-refractivity contribution is 0.184. The highest BCUT2D eigenvalue weighted by molar-refractivity contribution is 7.89. The van der Waals surface area contributed by atoms with Crippen molar-refractivity contribution < 1.29 is 13.2 Å². The van der Waals surface area contributed by atoms with E-state index < -0.39 is 10.0 Å². The highest BCUT2D eigenvalue weighted by atomic mass is 32.2. The Labute approximate surface area is 113 Å². The van der Waals surface area contributed by atoms with E-state index in [1.807, 2.05) is 6.92 Å². The average Bonchev–Trinajstić information content (AvgIpc) is 2.98. The van der Waals surface area contributed by atoms with Crippen molar-refractivity contribution in [1.29, 1.82) is 0 Å². The van der Waals surface area contributed by atoms with Gasteiger partial charge in [-0.25, -0.2) is 13.1 Å². The van der Waals surface area contributed by atoms with Gasteiger partial charge < -0.3 is 10.5 Å². The molecule has 108 valence electrons. The van der Waals surface area contributed by atoms with Gasteiger partial charge in [-0.05, 0) is 25.7 Å². The van der Waals surface area contributed by atoms with E-state index in [9.17, 15) is 8.42 Å². The van der Waals surface area contributed by atoms with Crippen molar-refractivity contribution in [3.63, 3.8) is 0 Å². The molecule has 1 aromatic heterocycles. The standard InChI is InChI=1S/C11H20N4O3S/c1-2-15-7-10(11(12)14-15)19(16,17)13-5-3-9-4-6-18-8-9/h7,9,13H,2-6,8H2,1H3,(H2,12,14). The highest BCUT2D eigenvalue weighted by Crippen LogP contribution is 2.18. The van der Waals surface area contributed by atoms with Gasteiger partial charge in [0, 0.05) is 32.5 Å². The smallest absolute Gasteiger partial charge is 0.245 e. The van der Waals surface area contributed by atoms with Gasteiger partial charge >= 0.3 is 0 Å². The van der Waals surface area contributed by atoms with Crippen LogP contribution in [0.2, 0.25) is 0 Å². The zero-order valence-corrected chi connectivity index (χ0v) is 11.8. The Balaban J connectivity index is 1.95. The van der Waals surface area contributed by atoms with Gasteiger partial charge in [0.25, 0.3) is 0 Å². The first kappa shape index (κ1) is 14.3. The minimum atomic E-state index is -3.57. The minimum absolute atomic E-state index is 0.0403.